The normalized spacial score (nSPS) is 13.9. The zero-order valence-corrected chi connectivity index (χ0v) is 11.2. The molecule has 16 heavy (non-hydrogen) atoms. The zero-order chi connectivity index (χ0) is 12.8. The summed E-state index contributed by atoms with van der Waals surface area (Å²) in [5.41, 5.74) is -0.469. The number of unbranched alkanes of at least 4 members (excludes halogenated alkanes) is 1. The Hall–Kier alpha value is -0.460. The third kappa shape index (κ3) is 6.92. The average molecular weight is 251 g/mol. The highest BCUT2D eigenvalue weighted by molar-refractivity contribution is 7.76. The molecule has 1 N–H and O–H groups in total. The molecule has 0 fully saturated rings. The van der Waals surface area contributed by atoms with Crippen molar-refractivity contribution in [1.82, 2.24) is 4.31 Å². The summed E-state index contributed by atoms with van der Waals surface area (Å²) in [7, 11) is 1.57. The zero-order valence-electron chi connectivity index (χ0n) is 10.4. The first-order valence-corrected chi connectivity index (χ1v) is 6.31. The lowest BCUT2D eigenvalue weighted by molar-refractivity contribution is -0.153. The van der Waals surface area contributed by atoms with Gasteiger partial charge in [0.2, 0.25) is 11.3 Å². The fourth-order valence-electron chi connectivity index (χ4n) is 0.896. The van der Waals surface area contributed by atoms with E-state index in [0.717, 1.165) is 6.42 Å². The van der Waals surface area contributed by atoms with Crippen LogP contribution >= 0.6 is 0 Å². The van der Waals surface area contributed by atoms with Crippen LogP contribution in [0.2, 0.25) is 0 Å². The van der Waals surface area contributed by atoms with Crippen molar-refractivity contribution in [3.8, 4) is 0 Å². The molecule has 1 atom stereocenters. The number of rotatable bonds is 6. The molecule has 0 aromatic heterocycles. The van der Waals surface area contributed by atoms with E-state index >= 15 is 0 Å². The first-order valence-electron chi connectivity index (χ1n) is 5.24. The van der Waals surface area contributed by atoms with Crippen LogP contribution in [0.3, 0.4) is 0 Å². The molecule has 5 nitrogen and oxygen atoms in total. The van der Waals surface area contributed by atoms with E-state index in [1.807, 2.05) is 0 Å². The first-order chi connectivity index (χ1) is 7.25. The molecular formula is C10H21NO4S. The van der Waals surface area contributed by atoms with Gasteiger partial charge < -0.3 is 4.74 Å². The number of ether oxygens (including phenoxy) is 1. The van der Waals surface area contributed by atoms with Crippen LogP contribution in [0.5, 0.6) is 0 Å². The Morgan fingerprint density at radius 2 is 1.94 bits per heavy atom. The Kier molecular flexibility index (Phi) is 6.78. The highest BCUT2D eigenvalue weighted by Crippen LogP contribution is 2.15. The highest BCUT2D eigenvalue weighted by atomic mass is 32.2. The van der Waals surface area contributed by atoms with Crippen LogP contribution in [0.25, 0.3) is 0 Å². The monoisotopic (exact) mass is 251 g/mol. The summed E-state index contributed by atoms with van der Waals surface area (Å²) in [6.07, 6.45) is 1.42. The van der Waals surface area contributed by atoms with Gasteiger partial charge in [-0.05, 0) is 33.6 Å². The van der Waals surface area contributed by atoms with Gasteiger partial charge in [-0.15, -0.1) is 0 Å². The molecule has 0 aliphatic carbocycles. The van der Waals surface area contributed by atoms with Gasteiger partial charge in [0.1, 0.15) is 0 Å². The van der Waals surface area contributed by atoms with Crippen molar-refractivity contribution in [2.24, 2.45) is 5.41 Å². The fourth-order valence-corrected chi connectivity index (χ4v) is 1.18. The standard InChI is InChI=1S/C10H21NO4S/c1-10(2,3)9(12)15-8-6-5-7-11(4)16(13)14/h5-8H2,1-4H3,(H,13,14). The Labute approximate surface area is 99.6 Å². The van der Waals surface area contributed by atoms with Gasteiger partial charge >= 0.3 is 5.97 Å². The van der Waals surface area contributed by atoms with Crippen LogP contribution in [0.4, 0.5) is 0 Å². The molecule has 0 spiro atoms. The van der Waals surface area contributed by atoms with Crippen molar-refractivity contribution < 1.29 is 18.3 Å². The smallest absolute Gasteiger partial charge is 0.311 e. The maximum absolute atomic E-state index is 11.3. The van der Waals surface area contributed by atoms with E-state index in [-0.39, 0.29) is 5.97 Å². The topological polar surface area (TPSA) is 66.8 Å². The number of nitrogens with zero attached hydrogens (tertiary/aromatic N) is 1. The van der Waals surface area contributed by atoms with Crippen molar-refractivity contribution in [3.05, 3.63) is 0 Å². The molecule has 0 aromatic carbocycles. The second-order valence-corrected chi connectivity index (χ2v) is 5.76. The summed E-state index contributed by atoms with van der Waals surface area (Å²) in [6.45, 7) is 6.28. The van der Waals surface area contributed by atoms with Gasteiger partial charge in [0, 0.05) is 13.6 Å². The summed E-state index contributed by atoms with van der Waals surface area (Å²) < 4.78 is 25.6. The quantitative estimate of drug-likeness (QED) is 0.440. The van der Waals surface area contributed by atoms with Gasteiger partial charge in [0.05, 0.1) is 12.0 Å². The fraction of sp³-hybridized carbons (Fsp3) is 0.900. The van der Waals surface area contributed by atoms with Gasteiger partial charge in [-0.2, -0.15) is 0 Å². The van der Waals surface area contributed by atoms with Crippen LogP contribution in [-0.2, 0) is 20.8 Å². The summed E-state index contributed by atoms with van der Waals surface area (Å²) in [5.74, 6) is -0.216. The molecule has 0 aliphatic rings. The SMILES string of the molecule is CN(CCCCOC(=O)C(C)(C)C)S(=O)O. The van der Waals surface area contributed by atoms with Crippen LogP contribution in [0.1, 0.15) is 33.6 Å². The lowest BCUT2D eigenvalue weighted by Gasteiger charge is -2.16. The molecule has 0 rings (SSSR count). The Morgan fingerprint density at radius 1 is 1.38 bits per heavy atom. The molecular weight excluding hydrogens is 230 g/mol. The molecule has 0 saturated heterocycles. The number of esters is 1. The molecule has 0 saturated carbocycles. The highest BCUT2D eigenvalue weighted by Gasteiger charge is 2.22. The minimum atomic E-state index is -1.91. The second kappa shape index (κ2) is 6.98. The van der Waals surface area contributed by atoms with Crippen LogP contribution in [0, 0.1) is 5.41 Å². The molecule has 0 heterocycles. The van der Waals surface area contributed by atoms with Crippen molar-refractivity contribution in [2.45, 2.75) is 33.6 Å². The third-order valence-corrected chi connectivity index (χ3v) is 2.70. The minimum absolute atomic E-state index is 0.216. The molecule has 96 valence electrons. The molecule has 6 heteroatoms. The predicted molar refractivity (Wildman–Crippen MR) is 63.0 cm³/mol. The minimum Gasteiger partial charge on any atom is -0.465 e. The van der Waals surface area contributed by atoms with Crippen LogP contribution in [-0.4, -0.2) is 39.2 Å². The van der Waals surface area contributed by atoms with E-state index in [9.17, 15) is 9.00 Å². The number of carbonyl (C=O) groups excluding carboxylic acids is 1. The summed E-state index contributed by atoms with van der Waals surface area (Å²) in [5, 5.41) is 0. The third-order valence-electron chi connectivity index (χ3n) is 1.98. The molecule has 0 aliphatic heterocycles. The van der Waals surface area contributed by atoms with E-state index in [0.29, 0.717) is 19.6 Å². The van der Waals surface area contributed by atoms with Crippen LogP contribution < -0.4 is 0 Å². The Bertz CT molecular complexity index is 250. The largest absolute Gasteiger partial charge is 0.465 e. The number of hydrogen-bond donors (Lipinski definition) is 1. The predicted octanol–water partition coefficient (Wildman–Crippen LogP) is 1.42. The van der Waals surface area contributed by atoms with E-state index in [1.54, 1.807) is 27.8 Å². The lowest BCUT2D eigenvalue weighted by Crippen LogP contribution is -2.24. The van der Waals surface area contributed by atoms with Gasteiger partial charge in [-0.1, -0.05) is 0 Å². The van der Waals surface area contributed by atoms with Crippen LogP contribution in [0.15, 0.2) is 0 Å². The van der Waals surface area contributed by atoms with Gasteiger partial charge in [0.15, 0.2) is 0 Å². The lowest BCUT2D eigenvalue weighted by atomic mass is 9.97. The van der Waals surface area contributed by atoms with Crippen molar-refractivity contribution in [2.75, 3.05) is 20.2 Å². The first kappa shape index (κ1) is 15.5. The Morgan fingerprint density at radius 3 is 2.38 bits per heavy atom. The molecule has 0 bridgehead atoms. The van der Waals surface area contributed by atoms with Gasteiger partial charge in [-0.25, -0.2) is 8.51 Å². The average Bonchev–Trinajstić information content (AvgIpc) is 2.14. The molecule has 1 unspecified atom stereocenters. The van der Waals surface area contributed by atoms with Gasteiger partial charge in [-0.3, -0.25) is 9.35 Å². The van der Waals surface area contributed by atoms with E-state index < -0.39 is 16.7 Å². The van der Waals surface area contributed by atoms with E-state index in [1.165, 1.54) is 4.31 Å². The number of hydrogen-bond acceptors (Lipinski definition) is 3. The second-order valence-electron chi connectivity index (χ2n) is 4.68. The maximum atomic E-state index is 11.3. The molecule has 0 amide bonds. The summed E-state index contributed by atoms with van der Waals surface area (Å²) in [6, 6.07) is 0. The summed E-state index contributed by atoms with van der Waals surface area (Å²) >= 11 is -1.91. The van der Waals surface area contributed by atoms with E-state index in [4.69, 9.17) is 9.29 Å². The van der Waals surface area contributed by atoms with E-state index in [2.05, 4.69) is 0 Å². The maximum Gasteiger partial charge on any atom is 0.311 e. The molecule has 0 aromatic rings. The van der Waals surface area contributed by atoms with Gasteiger partial charge in [0.25, 0.3) is 0 Å². The number of carbonyl (C=O) groups is 1. The summed E-state index contributed by atoms with van der Waals surface area (Å²) in [4.78, 5) is 11.3. The van der Waals surface area contributed by atoms with Crippen molar-refractivity contribution in [3.63, 3.8) is 0 Å². The van der Waals surface area contributed by atoms with Crippen molar-refractivity contribution >= 4 is 17.2 Å². The van der Waals surface area contributed by atoms with Crippen molar-refractivity contribution in [1.29, 1.82) is 0 Å². The Balaban J connectivity index is 3.55. The molecule has 0 radical (unpaired) electrons.